The lowest BCUT2D eigenvalue weighted by Crippen LogP contribution is -2.14. The fraction of sp³-hybridized carbons (Fsp3) is 0.286. The van der Waals surface area contributed by atoms with Crippen molar-refractivity contribution in [3.63, 3.8) is 0 Å². The summed E-state index contributed by atoms with van der Waals surface area (Å²) >= 11 is 0. The zero-order valence-electron chi connectivity index (χ0n) is 10.6. The molecule has 4 heteroatoms. The molecule has 0 radical (unpaired) electrons. The molecule has 0 aromatic carbocycles. The molecule has 1 unspecified atom stereocenters. The molecule has 0 bridgehead atoms. The number of rotatable bonds is 6. The molecule has 0 fully saturated rings. The van der Waals surface area contributed by atoms with Crippen LogP contribution in [-0.4, -0.2) is 20.8 Å². The maximum Gasteiger partial charge on any atom is 0.153 e. The molecule has 1 atom stereocenters. The SMILES string of the molecule is C=CCCC(C)Nc1ccc(-n2cccn2)nc1. The Morgan fingerprint density at radius 2 is 2.39 bits per heavy atom. The molecule has 0 spiro atoms. The van der Waals surface area contributed by atoms with E-state index in [1.54, 1.807) is 10.9 Å². The van der Waals surface area contributed by atoms with Gasteiger partial charge in [0.2, 0.25) is 0 Å². The Labute approximate surface area is 107 Å². The summed E-state index contributed by atoms with van der Waals surface area (Å²) in [6.45, 7) is 5.89. The lowest BCUT2D eigenvalue weighted by molar-refractivity contribution is 0.718. The van der Waals surface area contributed by atoms with Crippen LogP contribution in [0.1, 0.15) is 19.8 Å². The van der Waals surface area contributed by atoms with Gasteiger partial charge < -0.3 is 5.32 Å². The van der Waals surface area contributed by atoms with Crippen LogP contribution < -0.4 is 5.32 Å². The maximum atomic E-state index is 4.37. The predicted molar refractivity (Wildman–Crippen MR) is 73.9 cm³/mol. The van der Waals surface area contributed by atoms with Gasteiger partial charge in [0.15, 0.2) is 5.82 Å². The summed E-state index contributed by atoms with van der Waals surface area (Å²) in [5, 5.41) is 7.55. The Balaban J connectivity index is 1.97. The molecule has 1 N–H and O–H groups in total. The minimum atomic E-state index is 0.417. The minimum Gasteiger partial charge on any atom is -0.381 e. The van der Waals surface area contributed by atoms with Crippen LogP contribution in [0.25, 0.3) is 5.82 Å². The Kier molecular flexibility index (Phi) is 4.12. The molecule has 2 aromatic heterocycles. The summed E-state index contributed by atoms with van der Waals surface area (Å²) in [5.41, 5.74) is 1.03. The van der Waals surface area contributed by atoms with Crippen molar-refractivity contribution < 1.29 is 0 Å². The van der Waals surface area contributed by atoms with Gasteiger partial charge in [-0.15, -0.1) is 6.58 Å². The van der Waals surface area contributed by atoms with Crippen molar-refractivity contribution in [2.24, 2.45) is 0 Å². The first-order chi connectivity index (χ1) is 8.79. The highest BCUT2D eigenvalue weighted by Gasteiger charge is 2.02. The van der Waals surface area contributed by atoms with Gasteiger partial charge in [-0.1, -0.05) is 6.08 Å². The fourth-order valence-electron chi connectivity index (χ4n) is 1.74. The van der Waals surface area contributed by atoms with Crippen LogP contribution in [0, 0.1) is 0 Å². The van der Waals surface area contributed by atoms with E-state index in [0.29, 0.717) is 6.04 Å². The van der Waals surface area contributed by atoms with Crippen LogP contribution in [0.4, 0.5) is 5.69 Å². The van der Waals surface area contributed by atoms with Crippen LogP contribution in [-0.2, 0) is 0 Å². The average Bonchev–Trinajstić information content (AvgIpc) is 2.91. The summed E-state index contributed by atoms with van der Waals surface area (Å²) in [4.78, 5) is 4.37. The second-order valence-corrected chi connectivity index (χ2v) is 4.27. The van der Waals surface area contributed by atoms with E-state index in [1.165, 1.54) is 0 Å². The van der Waals surface area contributed by atoms with Gasteiger partial charge in [0.1, 0.15) is 0 Å². The Morgan fingerprint density at radius 3 is 3.00 bits per heavy atom. The molecule has 4 nitrogen and oxygen atoms in total. The Hall–Kier alpha value is -2.10. The molecule has 0 aliphatic carbocycles. The van der Waals surface area contributed by atoms with Gasteiger partial charge in [-0.25, -0.2) is 9.67 Å². The number of pyridine rings is 1. The molecule has 2 rings (SSSR count). The van der Waals surface area contributed by atoms with Crippen LogP contribution in [0.3, 0.4) is 0 Å². The van der Waals surface area contributed by atoms with Crippen molar-refractivity contribution in [3.05, 3.63) is 49.4 Å². The van der Waals surface area contributed by atoms with Gasteiger partial charge in [0.05, 0.1) is 11.9 Å². The van der Waals surface area contributed by atoms with E-state index in [-0.39, 0.29) is 0 Å². The van der Waals surface area contributed by atoms with Crippen LogP contribution in [0.5, 0.6) is 0 Å². The largest absolute Gasteiger partial charge is 0.381 e. The predicted octanol–water partition coefficient (Wildman–Crippen LogP) is 3.03. The monoisotopic (exact) mass is 242 g/mol. The number of hydrogen-bond donors (Lipinski definition) is 1. The molecular formula is C14H18N4. The molecule has 0 aliphatic rings. The van der Waals surface area contributed by atoms with Crippen LogP contribution >= 0.6 is 0 Å². The summed E-state index contributed by atoms with van der Waals surface area (Å²) in [5.74, 6) is 0.823. The first kappa shape index (κ1) is 12.4. The third kappa shape index (κ3) is 3.20. The number of allylic oxidation sites excluding steroid dienone is 1. The second kappa shape index (κ2) is 6.00. The van der Waals surface area contributed by atoms with E-state index in [4.69, 9.17) is 0 Å². The van der Waals surface area contributed by atoms with E-state index in [9.17, 15) is 0 Å². The smallest absolute Gasteiger partial charge is 0.153 e. The molecule has 2 heterocycles. The topological polar surface area (TPSA) is 42.7 Å². The van der Waals surface area contributed by atoms with Crippen molar-refractivity contribution in [2.45, 2.75) is 25.8 Å². The fourth-order valence-corrected chi connectivity index (χ4v) is 1.74. The summed E-state index contributed by atoms with van der Waals surface area (Å²) in [7, 11) is 0. The highest BCUT2D eigenvalue weighted by atomic mass is 15.3. The number of anilines is 1. The zero-order valence-corrected chi connectivity index (χ0v) is 10.6. The van der Waals surface area contributed by atoms with E-state index in [1.807, 2.05) is 36.7 Å². The molecule has 0 aliphatic heterocycles. The van der Waals surface area contributed by atoms with Gasteiger partial charge in [-0.3, -0.25) is 0 Å². The van der Waals surface area contributed by atoms with Gasteiger partial charge in [0.25, 0.3) is 0 Å². The molecule has 94 valence electrons. The Bertz CT molecular complexity index is 473. The summed E-state index contributed by atoms with van der Waals surface area (Å²) in [6, 6.07) is 6.27. The lowest BCUT2D eigenvalue weighted by atomic mass is 10.2. The molecule has 0 amide bonds. The quantitative estimate of drug-likeness (QED) is 0.792. The third-order valence-corrected chi connectivity index (χ3v) is 2.70. The standard InChI is InChI=1S/C14H18N4/c1-3-4-6-12(2)17-13-7-8-14(15-11-13)18-10-5-9-16-18/h3,5,7-12,17H,1,4,6H2,2H3. The van der Waals surface area contributed by atoms with E-state index < -0.39 is 0 Å². The molecule has 0 saturated carbocycles. The molecule has 18 heavy (non-hydrogen) atoms. The number of aromatic nitrogens is 3. The van der Waals surface area contributed by atoms with Crippen molar-refractivity contribution in [3.8, 4) is 5.82 Å². The lowest BCUT2D eigenvalue weighted by Gasteiger charge is -2.14. The number of nitrogens with one attached hydrogen (secondary N) is 1. The molecule has 2 aromatic rings. The third-order valence-electron chi connectivity index (χ3n) is 2.70. The van der Waals surface area contributed by atoms with Gasteiger partial charge in [-0.2, -0.15) is 5.10 Å². The van der Waals surface area contributed by atoms with Crippen molar-refractivity contribution in [2.75, 3.05) is 5.32 Å². The van der Waals surface area contributed by atoms with Crippen molar-refractivity contribution >= 4 is 5.69 Å². The summed E-state index contributed by atoms with van der Waals surface area (Å²) in [6.07, 6.45) is 9.49. The minimum absolute atomic E-state index is 0.417. The highest BCUT2D eigenvalue weighted by Crippen LogP contribution is 2.11. The molecular weight excluding hydrogens is 224 g/mol. The van der Waals surface area contributed by atoms with Gasteiger partial charge in [-0.05, 0) is 38.0 Å². The summed E-state index contributed by atoms with van der Waals surface area (Å²) < 4.78 is 1.74. The van der Waals surface area contributed by atoms with Crippen molar-refractivity contribution in [1.29, 1.82) is 0 Å². The Morgan fingerprint density at radius 1 is 1.50 bits per heavy atom. The molecule has 0 saturated heterocycles. The van der Waals surface area contributed by atoms with Gasteiger partial charge in [0, 0.05) is 18.4 Å². The normalized spacial score (nSPS) is 12.1. The maximum absolute atomic E-state index is 4.37. The van der Waals surface area contributed by atoms with E-state index >= 15 is 0 Å². The van der Waals surface area contributed by atoms with E-state index in [2.05, 4.69) is 28.9 Å². The van der Waals surface area contributed by atoms with Crippen LogP contribution in [0.2, 0.25) is 0 Å². The first-order valence-corrected chi connectivity index (χ1v) is 6.13. The van der Waals surface area contributed by atoms with Crippen LogP contribution in [0.15, 0.2) is 49.4 Å². The average molecular weight is 242 g/mol. The number of nitrogens with zero attached hydrogens (tertiary/aromatic N) is 3. The zero-order chi connectivity index (χ0) is 12.8. The van der Waals surface area contributed by atoms with Crippen molar-refractivity contribution in [1.82, 2.24) is 14.8 Å². The first-order valence-electron chi connectivity index (χ1n) is 6.13. The highest BCUT2D eigenvalue weighted by molar-refractivity contribution is 5.44. The van der Waals surface area contributed by atoms with E-state index in [0.717, 1.165) is 24.3 Å². The number of hydrogen-bond acceptors (Lipinski definition) is 3. The second-order valence-electron chi connectivity index (χ2n) is 4.27. The van der Waals surface area contributed by atoms with Gasteiger partial charge >= 0.3 is 0 Å².